The third-order valence-corrected chi connectivity index (χ3v) is 11.7. The minimum Gasteiger partial charge on any atom is -0.0622 e. The summed E-state index contributed by atoms with van der Waals surface area (Å²) in [5.41, 5.74) is 9.76. The van der Waals surface area contributed by atoms with Gasteiger partial charge in [-0.15, -0.1) is 0 Å². The van der Waals surface area contributed by atoms with Crippen molar-refractivity contribution in [1.82, 2.24) is 0 Å². The molecule has 1 atom stereocenters. The maximum atomic E-state index is 2.51. The summed E-state index contributed by atoms with van der Waals surface area (Å²) in [6.07, 6.45) is 0. The topological polar surface area (TPSA) is 0 Å². The predicted octanol–water partition coefficient (Wildman–Crippen LogP) is 9.77. The number of hydrogen-bond acceptors (Lipinski definition) is 0. The van der Waals surface area contributed by atoms with E-state index >= 15 is 0 Å². The zero-order valence-electron chi connectivity index (χ0n) is 21.8. The molecule has 6 rings (SSSR count). The Bertz CT molecular complexity index is 1520. The summed E-state index contributed by atoms with van der Waals surface area (Å²) in [7, 11) is -0.671. The third kappa shape index (κ3) is 3.39. The predicted molar refractivity (Wildman–Crippen MR) is 159 cm³/mol. The van der Waals surface area contributed by atoms with E-state index in [0.29, 0.717) is 0 Å². The Morgan fingerprint density at radius 3 is 1.67 bits per heavy atom. The molecule has 0 bridgehead atoms. The summed E-state index contributed by atoms with van der Waals surface area (Å²) < 4.78 is 0. The van der Waals surface area contributed by atoms with Gasteiger partial charge in [-0.1, -0.05) is 145 Å². The van der Waals surface area contributed by atoms with E-state index in [9.17, 15) is 0 Å². The average Bonchev–Trinajstić information content (AvgIpc) is 2.88. The Kier molecular flexibility index (Phi) is 5.43. The molecule has 5 aromatic rings. The third-order valence-electron chi connectivity index (χ3n) is 8.07. The fraction of sp³-hybridized carbons (Fsp3) is 0.200. The summed E-state index contributed by atoms with van der Waals surface area (Å²) in [5.74, 6) is 0. The smallest absolute Gasteiger partial charge is 0.0155 e. The van der Waals surface area contributed by atoms with Crippen molar-refractivity contribution >= 4 is 24.0 Å². The number of hydrogen-bond donors (Lipinski definition) is 0. The van der Waals surface area contributed by atoms with Gasteiger partial charge in [0.25, 0.3) is 0 Å². The molecule has 0 fully saturated rings. The minimum atomic E-state index is -0.671. The highest BCUT2D eigenvalue weighted by Gasteiger charge is 2.50. The van der Waals surface area contributed by atoms with Crippen LogP contribution in [0.15, 0.2) is 109 Å². The van der Waals surface area contributed by atoms with Crippen molar-refractivity contribution in [3.05, 3.63) is 126 Å². The van der Waals surface area contributed by atoms with Gasteiger partial charge in [0.1, 0.15) is 0 Å². The Labute approximate surface area is 216 Å². The van der Waals surface area contributed by atoms with Crippen LogP contribution in [0.2, 0.25) is 0 Å². The van der Waals surface area contributed by atoms with Crippen LogP contribution < -0.4 is 5.30 Å². The highest BCUT2D eigenvalue weighted by atomic mass is 31.1. The fourth-order valence-corrected chi connectivity index (χ4v) is 11.1. The van der Waals surface area contributed by atoms with E-state index in [0.717, 1.165) is 0 Å². The highest BCUT2D eigenvalue weighted by molar-refractivity contribution is 7.68. The summed E-state index contributed by atoms with van der Waals surface area (Å²) in [5, 5.41) is 4.35. The van der Waals surface area contributed by atoms with Gasteiger partial charge in [0.2, 0.25) is 0 Å². The lowest BCUT2D eigenvalue weighted by atomic mass is 9.84. The van der Waals surface area contributed by atoms with Gasteiger partial charge < -0.3 is 0 Å². The second-order valence-corrected chi connectivity index (χ2v) is 14.4. The maximum absolute atomic E-state index is 2.51. The van der Waals surface area contributed by atoms with E-state index in [-0.39, 0.29) is 10.3 Å². The van der Waals surface area contributed by atoms with Crippen LogP contribution in [0.1, 0.15) is 44.4 Å². The van der Waals surface area contributed by atoms with Crippen molar-refractivity contribution < 1.29 is 0 Å². The Morgan fingerprint density at radius 2 is 1.08 bits per heavy atom. The van der Waals surface area contributed by atoms with E-state index < -0.39 is 7.92 Å². The van der Waals surface area contributed by atoms with Crippen LogP contribution in [-0.4, -0.2) is 0 Å². The molecule has 178 valence electrons. The van der Waals surface area contributed by atoms with Crippen molar-refractivity contribution in [3.8, 4) is 22.3 Å². The van der Waals surface area contributed by atoms with Gasteiger partial charge in [0.05, 0.1) is 0 Å². The summed E-state index contributed by atoms with van der Waals surface area (Å²) >= 11 is 0. The Morgan fingerprint density at radius 1 is 0.528 bits per heavy atom. The molecule has 1 heteroatoms. The number of aryl methyl sites for hydroxylation is 1. The average molecular weight is 485 g/mol. The van der Waals surface area contributed by atoms with Crippen LogP contribution in [0, 0.1) is 6.92 Å². The van der Waals surface area contributed by atoms with Gasteiger partial charge in [-0.2, -0.15) is 0 Å². The lowest BCUT2D eigenvalue weighted by Crippen LogP contribution is -2.38. The number of rotatable bonds is 3. The van der Waals surface area contributed by atoms with Crippen LogP contribution in [0.4, 0.5) is 0 Å². The first-order valence-corrected chi connectivity index (χ1v) is 14.2. The van der Waals surface area contributed by atoms with E-state index in [1.54, 1.807) is 0 Å². The molecule has 5 aromatic carbocycles. The summed E-state index contributed by atoms with van der Waals surface area (Å²) in [4.78, 5) is 0. The quantitative estimate of drug-likeness (QED) is 0.224. The maximum Gasteiger partial charge on any atom is 0.0155 e. The van der Waals surface area contributed by atoms with Crippen LogP contribution in [0.5, 0.6) is 0 Å². The lowest BCUT2D eigenvalue weighted by molar-refractivity contribution is 0.676. The molecular weight excluding hydrogens is 451 g/mol. The zero-order chi connectivity index (χ0) is 25.1. The van der Waals surface area contributed by atoms with Crippen molar-refractivity contribution in [2.75, 3.05) is 0 Å². The normalized spacial score (nSPS) is 17.8. The molecule has 0 saturated carbocycles. The van der Waals surface area contributed by atoms with Gasteiger partial charge in [-0.3, -0.25) is 0 Å². The molecule has 1 heterocycles. The van der Waals surface area contributed by atoms with Gasteiger partial charge in [-0.25, -0.2) is 0 Å². The second kappa shape index (κ2) is 8.43. The Balaban J connectivity index is 1.75. The Hall–Kier alpha value is -3.21. The minimum absolute atomic E-state index is 0.00640. The van der Waals surface area contributed by atoms with Crippen LogP contribution in [0.25, 0.3) is 33.0 Å². The molecule has 0 aromatic heterocycles. The molecule has 1 unspecified atom stereocenters. The molecule has 0 N–H and O–H groups in total. The summed E-state index contributed by atoms with van der Waals surface area (Å²) in [6.45, 7) is 12.3. The lowest BCUT2D eigenvalue weighted by Gasteiger charge is -2.52. The van der Waals surface area contributed by atoms with Crippen LogP contribution >= 0.6 is 7.92 Å². The molecule has 0 nitrogen and oxygen atoms in total. The number of benzene rings is 5. The molecule has 0 amide bonds. The van der Waals surface area contributed by atoms with Gasteiger partial charge in [0, 0.05) is 10.3 Å². The largest absolute Gasteiger partial charge is 0.0622 e. The highest BCUT2D eigenvalue weighted by Crippen LogP contribution is 2.72. The van der Waals surface area contributed by atoms with Gasteiger partial charge in [-0.05, 0) is 61.9 Å². The first-order chi connectivity index (χ1) is 17.3. The van der Waals surface area contributed by atoms with E-state index in [1.807, 2.05) is 0 Å². The van der Waals surface area contributed by atoms with Crippen molar-refractivity contribution in [2.24, 2.45) is 0 Å². The first-order valence-electron chi connectivity index (χ1n) is 12.9. The van der Waals surface area contributed by atoms with Crippen LogP contribution in [0.3, 0.4) is 0 Å². The SMILES string of the molecule is Cc1ccc2cccc3c2c1C(C)(C)P(c1c(-c2ccccc2)cccc1-c1ccccc1)C3(C)C. The molecule has 1 aliphatic heterocycles. The molecule has 0 spiro atoms. The van der Waals surface area contributed by atoms with Crippen molar-refractivity contribution in [1.29, 1.82) is 0 Å². The fourth-order valence-electron chi connectivity index (χ4n) is 6.76. The standard InChI is InChI=1S/C35H33P/c1-24-22-23-27-18-12-21-30-31(27)32(24)35(4,5)36(34(30,2)3)33-28(25-14-8-6-9-15-25)19-13-20-29(33)26-16-10-7-11-17-26/h6-23H,1-5H3. The van der Waals surface area contributed by atoms with Crippen molar-refractivity contribution in [3.63, 3.8) is 0 Å². The zero-order valence-corrected chi connectivity index (χ0v) is 22.7. The van der Waals surface area contributed by atoms with E-state index in [4.69, 9.17) is 0 Å². The molecule has 0 radical (unpaired) electrons. The van der Waals surface area contributed by atoms with Crippen LogP contribution in [-0.2, 0) is 10.3 Å². The van der Waals surface area contributed by atoms with Gasteiger partial charge in [0.15, 0.2) is 0 Å². The molecular formula is C35H33P. The van der Waals surface area contributed by atoms with E-state index in [1.165, 1.54) is 55.0 Å². The van der Waals surface area contributed by atoms with Gasteiger partial charge >= 0.3 is 0 Å². The molecule has 0 aliphatic carbocycles. The molecule has 0 saturated heterocycles. The van der Waals surface area contributed by atoms with E-state index in [2.05, 4.69) is 144 Å². The van der Waals surface area contributed by atoms with Crippen molar-refractivity contribution in [2.45, 2.75) is 44.9 Å². The summed E-state index contributed by atoms with van der Waals surface area (Å²) in [6, 6.07) is 40.5. The first kappa shape index (κ1) is 23.2. The monoisotopic (exact) mass is 484 g/mol. The molecule has 36 heavy (non-hydrogen) atoms. The second-order valence-electron chi connectivity index (χ2n) is 11.0. The molecule has 1 aliphatic rings.